The van der Waals surface area contributed by atoms with Gasteiger partial charge < -0.3 is 20.7 Å². The fraction of sp³-hybridized carbons (Fsp3) is 0.133. The van der Waals surface area contributed by atoms with E-state index in [1.165, 1.54) is 0 Å². The van der Waals surface area contributed by atoms with Crippen LogP contribution in [0.5, 0.6) is 17.2 Å². The number of carboxylic acids is 1. The minimum atomic E-state index is -1.02. The molecule has 0 saturated heterocycles. The molecule has 0 radical (unpaired) electrons. The van der Waals surface area contributed by atoms with Gasteiger partial charge in [0.05, 0.1) is 14.3 Å². The molecule has 0 aliphatic heterocycles. The summed E-state index contributed by atoms with van der Waals surface area (Å²) < 4.78 is 9.14. The molecule has 130 valence electrons. The molecular formula is C15H12I4NNaO4. The molecular weight excluding hydrogens is 789 g/mol. The first kappa shape index (κ1) is 24.4. The summed E-state index contributed by atoms with van der Waals surface area (Å²) in [6.07, 6.45) is 0.261. The van der Waals surface area contributed by atoms with Gasteiger partial charge in [-0.3, -0.25) is 4.79 Å². The summed E-state index contributed by atoms with van der Waals surface area (Å²) in [5.74, 6) is 0.549. The van der Waals surface area contributed by atoms with Crippen LogP contribution in [-0.2, 0) is 11.2 Å². The molecule has 0 spiro atoms. The van der Waals surface area contributed by atoms with Crippen LogP contribution >= 0.6 is 90.4 Å². The van der Waals surface area contributed by atoms with Gasteiger partial charge in [0.1, 0.15) is 17.5 Å². The summed E-state index contributed by atoms with van der Waals surface area (Å²) in [4.78, 5) is 10.9. The third kappa shape index (κ3) is 6.74. The van der Waals surface area contributed by atoms with Gasteiger partial charge in [-0.05, 0) is 127 Å². The number of halogens is 4. The predicted molar refractivity (Wildman–Crippen MR) is 132 cm³/mol. The molecule has 2 rings (SSSR count). The number of rotatable bonds is 5. The molecule has 0 bridgehead atoms. The van der Waals surface area contributed by atoms with Gasteiger partial charge in [0, 0.05) is 0 Å². The van der Waals surface area contributed by atoms with Crippen molar-refractivity contribution in [1.29, 1.82) is 0 Å². The van der Waals surface area contributed by atoms with Crippen LogP contribution in [0.15, 0.2) is 24.3 Å². The SMILES string of the molecule is N[C@H](Cc1cc(I)c(Oc2cc(I)c(O)c(I)c2)c(I)c1)C(=O)O.[NaH]. The van der Waals surface area contributed by atoms with Gasteiger partial charge in [0.15, 0.2) is 5.75 Å². The van der Waals surface area contributed by atoms with E-state index in [9.17, 15) is 9.90 Å². The van der Waals surface area contributed by atoms with Crippen molar-refractivity contribution in [3.05, 3.63) is 44.1 Å². The summed E-state index contributed by atoms with van der Waals surface area (Å²) in [5.41, 5.74) is 6.44. The van der Waals surface area contributed by atoms with Crippen LogP contribution in [0, 0.1) is 14.3 Å². The average Bonchev–Trinajstić information content (AvgIpc) is 2.48. The summed E-state index contributed by atoms with van der Waals surface area (Å²) in [6, 6.07) is 6.34. The molecule has 2 aromatic carbocycles. The predicted octanol–water partition coefficient (Wildman–Crippen LogP) is 3.91. The van der Waals surface area contributed by atoms with Gasteiger partial charge in [0.25, 0.3) is 0 Å². The molecule has 0 heterocycles. The Balaban J connectivity index is 0.00000312. The minimum absolute atomic E-state index is 0. The number of nitrogens with two attached hydrogens (primary N) is 1. The number of carbonyl (C=O) groups is 1. The second kappa shape index (κ2) is 10.8. The Labute approximate surface area is 221 Å². The Bertz CT molecular complexity index is 757. The second-order valence-electron chi connectivity index (χ2n) is 4.88. The van der Waals surface area contributed by atoms with E-state index >= 15 is 0 Å². The Morgan fingerprint density at radius 1 is 1.04 bits per heavy atom. The third-order valence-corrected chi connectivity index (χ3v) is 6.29. The van der Waals surface area contributed by atoms with Crippen LogP contribution in [0.1, 0.15) is 5.56 Å². The Hall–Kier alpha value is 1.39. The molecule has 4 N–H and O–H groups in total. The average molecular weight is 801 g/mol. The van der Waals surface area contributed by atoms with Crippen molar-refractivity contribution in [3.8, 4) is 17.2 Å². The number of hydrogen-bond donors (Lipinski definition) is 3. The number of phenols is 1. The molecule has 5 nitrogen and oxygen atoms in total. The first-order valence-corrected chi connectivity index (χ1v) is 10.8. The number of hydrogen-bond acceptors (Lipinski definition) is 4. The van der Waals surface area contributed by atoms with Gasteiger partial charge in [-0.1, -0.05) is 0 Å². The zero-order chi connectivity index (χ0) is 18.0. The van der Waals surface area contributed by atoms with Crippen molar-refractivity contribution in [1.82, 2.24) is 0 Å². The topological polar surface area (TPSA) is 92.8 Å². The van der Waals surface area contributed by atoms with Crippen molar-refractivity contribution in [2.24, 2.45) is 5.73 Å². The number of benzene rings is 2. The normalized spacial score (nSPS) is 11.6. The van der Waals surface area contributed by atoms with Crippen LogP contribution in [0.2, 0.25) is 0 Å². The van der Waals surface area contributed by atoms with Crippen molar-refractivity contribution in [2.75, 3.05) is 0 Å². The molecule has 0 saturated carbocycles. The van der Waals surface area contributed by atoms with Gasteiger partial charge in [0.2, 0.25) is 0 Å². The van der Waals surface area contributed by atoms with Gasteiger partial charge in [-0.15, -0.1) is 0 Å². The molecule has 10 heteroatoms. The molecule has 0 aliphatic carbocycles. The quantitative estimate of drug-likeness (QED) is 0.316. The third-order valence-electron chi connectivity index (χ3n) is 3.04. The number of aromatic hydroxyl groups is 1. The molecule has 1 atom stereocenters. The molecule has 2 aromatic rings. The molecule has 0 aliphatic rings. The van der Waals surface area contributed by atoms with Crippen molar-refractivity contribution in [3.63, 3.8) is 0 Å². The number of ether oxygens (including phenoxy) is 1. The van der Waals surface area contributed by atoms with E-state index < -0.39 is 12.0 Å². The Morgan fingerprint density at radius 2 is 1.52 bits per heavy atom. The molecule has 0 unspecified atom stereocenters. The zero-order valence-corrected chi connectivity index (χ0v) is 20.5. The maximum atomic E-state index is 10.9. The second-order valence-corrected chi connectivity index (χ2v) is 9.52. The Morgan fingerprint density at radius 3 is 1.96 bits per heavy atom. The first-order chi connectivity index (χ1) is 11.2. The molecule has 25 heavy (non-hydrogen) atoms. The fourth-order valence-corrected chi connectivity index (χ4v) is 5.72. The van der Waals surface area contributed by atoms with E-state index in [4.69, 9.17) is 15.6 Å². The first-order valence-electron chi connectivity index (χ1n) is 6.51. The van der Waals surface area contributed by atoms with Crippen LogP contribution < -0.4 is 10.5 Å². The fourth-order valence-electron chi connectivity index (χ4n) is 1.89. The van der Waals surface area contributed by atoms with Crippen molar-refractivity contribution < 1.29 is 19.7 Å². The van der Waals surface area contributed by atoms with Gasteiger partial charge in [-0.2, -0.15) is 0 Å². The van der Waals surface area contributed by atoms with Gasteiger partial charge in [-0.25, -0.2) is 0 Å². The van der Waals surface area contributed by atoms with Crippen molar-refractivity contribution in [2.45, 2.75) is 12.5 Å². The van der Waals surface area contributed by atoms with E-state index in [0.29, 0.717) is 18.6 Å². The maximum absolute atomic E-state index is 10.9. The van der Waals surface area contributed by atoms with E-state index in [0.717, 1.165) is 12.7 Å². The van der Waals surface area contributed by atoms with Crippen LogP contribution in [0.4, 0.5) is 0 Å². The van der Waals surface area contributed by atoms with E-state index in [2.05, 4.69) is 90.4 Å². The van der Waals surface area contributed by atoms with Crippen LogP contribution in [0.3, 0.4) is 0 Å². The summed E-state index contributed by atoms with van der Waals surface area (Å²) in [5, 5.41) is 18.8. The molecule has 0 amide bonds. The summed E-state index contributed by atoms with van der Waals surface area (Å²) in [7, 11) is 0. The molecule has 0 aromatic heterocycles. The van der Waals surface area contributed by atoms with E-state index in [1.807, 2.05) is 12.1 Å². The van der Waals surface area contributed by atoms with Gasteiger partial charge >= 0.3 is 35.5 Å². The van der Waals surface area contributed by atoms with Crippen LogP contribution in [0.25, 0.3) is 0 Å². The van der Waals surface area contributed by atoms with Crippen LogP contribution in [-0.4, -0.2) is 51.8 Å². The number of phenolic OH excluding ortho intramolecular Hbond substituents is 1. The zero-order valence-electron chi connectivity index (χ0n) is 11.9. The summed E-state index contributed by atoms with van der Waals surface area (Å²) in [6.45, 7) is 0. The Kier molecular flexibility index (Phi) is 10.6. The van der Waals surface area contributed by atoms with Crippen molar-refractivity contribution >= 4 is 126 Å². The number of aliphatic carboxylic acids is 1. The summed E-state index contributed by atoms with van der Waals surface area (Å²) >= 11 is 8.42. The number of carboxylic acid groups (broad SMARTS) is 1. The monoisotopic (exact) mass is 801 g/mol. The molecule has 0 fully saturated rings. The standard InChI is InChI=1S/C15H11I4NO4.Na.H/c16-8-4-7(5-9(17)13(8)21)24-14-10(18)1-6(2-11(14)19)3-12(20)15(22)23;;/h1-2,4-5,12,21H,3,20H2,(H,22,23);;/t12-;;/m1../s1. The van der Waals surface area contributed by atoms with E-state index in [-0.39, 0.29) is 41.7 Å². The van der Waals surface area contributed by atoms with E-state index in [1.54, 1.807) is 12.1 Å².